The Labute approximate surface area is 120 Å². The van der Waals surface area contributed by atoms with Crippen LogP contribution in [0, 0.1) is 0 Å². The number of imide groups is 1. The van der Waals surface area contributed by atoms with Crippen molar-refractivity contribution in [2.75, 3.05) is 12.8 Å². The van der Waals surface area contributed by atoms with Crippen molar-refractivity contribution >= 4 is 23.6 Å². The van der Waals surface area contributed by atoms with E-state index in [2.05, 4.69) is 18.5 Å². The number of rotatable bonds is 8. The molecule has 1 fully saturated rings. The summed E-state index contributed by atoms with van der Waals surface area (Å²) < 4.78 is 0. The molecule has 0 radical (unpaired) electrons. The van der Waals surface area contributed by atoms with Gasteiger partial charge in [-0.05, 0) is 32.1 Å². The molecule has 1 heterocycles. The maximum atomic E-state index is 12.3. The first kappa shape index (κ1) is 16.5. The molecule has 1 aliphatic heterocycles. The van der Waals surface area contributed by atoms with Gasteiger partial charge in [0, 0.05) is 11.3 Å². The van der Waals surface area contributed by atoms with Crippen molar-refractivity contribution in [1.29, 1.82) is 0 Å². The van der Waals surface area contributed by atoms with Gasteiger partial charge in [-0.15, -0.1) is 0 Å². The van der Waals surface area contributed by atoms with E-state index < -0.39 is 0 Å². The van der Waals surface area contributed by atoms with Gasteiger partial charge in [0.25, 0.3) is 0 Å². The number of hydrogen-bond acceptors (Lipinski definition) is 4. The van der Waals surface area contributed by atoms with Crippen LogP contribution in [0.15, 0.2) is 0 Å². The molecule has 1 aliphatic rings. The second-order valence-corrected chi connectivity index (χ2v) is 6.39. The number of hydrogen-bond donors (Lipinski definition) is 1. The van der Waals surface area contributed by atoms with E-state index >= 15 is 0 Å². The van der Waals surface area contributed by atoms with Crippen LogP contribution in [-0.2, 0) is 9.59 Å². The van der Waals surface area contributed by atoms with Gasteiger partial charge >= 0.3 is 0 Å². The zero-order valence-electron chi connectivity index (χ0n) is 12.4. The highest BCUT2D eigenvalue weighted by Gasteiger charge is 2.40. The molecule has 4 nitrogen and oxygen atoms in total. The lowest BCUT2D eigenvalue weighted by molar-refractivity contribution is -0.141. The van der Waals surface area contributed by atoms with Crippen molar-refractivity contribution in [1.82, 2.24) is 10.2 Å². The summed E-state index contributed by atoms with van der Waals surface area (Å²) in [5.41, 5.74) is 0. The SMILES string of the molecule is CCC(CC)N1C(=O)CC(NCCC(C)SC)C1=O. The van der Waals surface area contributed by atoms with Gasteiger partial charge in [0.1, 0.15) is 0 Å². The number of nitrogens with zero attached hydrogens (tertiary/aromatic N) is 1. The predicted molar refractivity (Wildman–Crippen MR) is 80.2 cm³/mol. The summed E-state index contributed by atoms with van der Waals surface area (Å²) in [6.07, 6.45) is 5.10. The third kappa shape index (κ3) is 4.21. The first-order valence-corrected chi connectivity index (χ1v) is 8.45. The maximum absolute atomic E-state index is 12.3. The van der Waals surface area contributed by atoms with Gasteiger partial charge < -0.3 is 5.32 Å². The monoisotopic (exact) mass is 286 g/mol. The third-order valence-corrected chi connectivity index (χ3v) is 4.88. The molecule has 0 aromatic rings. The summed E-state index contributed by atoms with van der Waals surface area (Å²) in [6, 6.07) is -0.237. The molecule has 0 aliphatic carbocycles. The van der Waals surface area contributed by atoms with E-state index in [1.54, 1.807) is 0 Å². The Morgan fingerprint density at radius 2 is 2.00 bits per heavy atom. The van der Waals surface area contributed by atoms with Crippen LogP contribution in [0.3, 0.4) is 0 Å². The molecule has 0 bridgehead atoms. The lowest BCUT2D eigenvalue weighted by Gasteiger charge is -2.24. The largest absolute Gasteiger partial charge is 0.305 e. The normalized spacial score (nSPS) is 21.5. The smallest absolute Gasteiger partial charge is 0.247 e. The highest BCUT2D eigenvalue weighted by Crippen LogP contribution is 2.20. The van der Waals surface area contributed by atoms with Crippen LogP contribution in [0.2, 0.25) is 0 Å². The summed E-state index contributed by atoms with van der Waals surface area (Å²) in [7, 11) is 0. The van der Waals surface area contributed by atoms with Gasteiger partial charge in [0.05, 0.1) is 12.5 Å². The van der Waals surface area contributed by atoms with Crippen molar-refractivity contribution in [3.63, 3.8) is 0 Å². The molecular weight excluding hydrogens is 260 g/mol. The third-order valence-electron chi connectivity index (χ3n) is 3.83. The quantitative estimate of drug-likeness (QED) is 0.694. The highest BCUT2D eigenvalue weighted by atomic mass is 32.2. The van der Waals surface area contributed by atoms with Crippen LogP contribution in [0.5, 0.6) is 0 Å². The van der Waals surface area contributed by atoms with Crippen LogP contribution in [0.4, 0.5) is 0 Å². The molecule has 1 saturated heterocycles. The molecule has 5 heteroatoms. The first-order valence-electron chi connectivity index (χ1n) is 7.17. The van der Waals surface area contributed by atoms with Gasteiger partial charge in [0.2, 0.25) is 11.8 Å². The Bertz CT molecular complexity index is 319. The minimum atomic E-state index is -0.304. The molecule has 2 amide bonds. The van der Waals surface area contributed by atoms with Crippen LogP contribution < -0.4 is 5.32 Å². The summed E-state index contributed by atoms with van der Waals surface area (Å²) in [4.78, 5) is 25.7. The summed E-state index contributed by atoms with van der Waals surface area (Å²) in [5, 5.41) is 3.81. The summed E-state index contributed by atoms with van der Waals surface area (Å²) in [5.74, 6) is -0.0513. The molecule has 2 atom stereocenters. The molecule has 0 aromatic heterocycles. The topological polar surface area (TPSA) is 49.4 Å². The van der Waals surface area contributed by atoms with Gasteiger partial charge in [-0.2, -0.15) is 11.8 Å². The molecular formula is C14H26N2O2S. The van der Waals surface area contributed by atoms with Crippen molar-refractivity contribution in [2.24, 2.45) is 0 Å². The Morgan fingerprint density at radius 1 is 1.37 bits per heavy atom. The number of nitrogens with one attached hydrogen (secondary N) is 1. The molecule has 0 aromatic carbocycles. The van der Waals surface area contributed by atoms with E-state index in [0.29, 0.717) is 11.7 Å². The highest BCUT2D eigenvalue weighted by molar-refractivity contribution is 7.99. The molecule has 1 N–H and O–H groups in total. The van der Waals surface area contributed by atoms with Crippen molar-refractivity contribution < 1.29 is 9.59 Å². The van der Waals surface area contributed by atoms with Crippen molar-refractivity contribution in [2.45, 2.75) is 63.8 Å². The first-order chi connectivity index (χ1) is 9.04. The van der Waals surface area contributed by atoms with Gasteiger partial charge in [-0.25, -0.2) is 0 Å². The Morgan fingerprint density at radius 3 is 2.53 bits per heavy atom. The van der Waals surface area contributed by atoms with Gasteiger partial charge in [-0.3, -0.25) is 14.5 Å². The zero-order chi connectivity index (χ0) is 14.4. The minimum absolute atomic E-state index is 0.0193. The molecule has 2 unspecified atom stereocenters. The van der Waals surface area contributed by atoms with Crippen LogP contribution in [-0.4, -0.2) is 46.8 Å². The average Bonchev–Trinajstić information content (AvgIpc) is 2.68. The molecule has 0 spiro atoms. The lowest BCUT2D eigenvalue weighted by Crippen LogP contribution is -2.44. The fraction of sp³-hybridized carbons (Fsp3) is 0.857. The Hall–Kier alpha value is -0.550. The summed E-state index contributed by atoms with van der Waals surface area (Å²) in [6.45, 7) is 7.01. The molecule has 19 heavy (non-hydrogen) atoms. The van der Waals surface area contributed by atoms with Crippen molar-refractivity contribution in [3.05, 3.63) is 0 Å². The standard InChI is InChI=1S/C14H26N2O2S/c1-5-11(6-2)16-13(17)9-12(14(16)18)15-8-7-10(3)19-4/h10-12,15H,5-9H2,1-4H3. The second kappa shape index (κ2) is 7.90. The van der Waals surface area contributed by atoms with Gasteiger partial charge in [0.15, 0.2) is 0 Å². The van der Waals surface area contributed by atoms with Crippen LogP contribution >= 0.6 is 11.8 Å². The lowest BCUT2D eigenvalue weighted by atomic mass is 10.1. The zero-order valence-corrected chi connectivity index (χ0v) is 13.3. The Balaban J connectivity index is 2.51. The fourth-order valence-corrected chi connectivity index (χ4v) is 2.78. The fourth-order valence-electron chi connectivity index (χ4n) is 2.43. The van der Waals surface area contributed by atoms with Gasteiger partial charge in [-0.1, -0.05) is 20.8 Å². The molecule has 1 rings (SSSR count). The molecule has 110 valence electrons. The molecule has 0 saturated carbocycles. The number of carbonyl (C=O) groups excluding carboxylic acids is 2. The Kier molecular flexibility index (Phi) is 6.86. The number of carbonyl (C=O) groups is 2. The summed E-state index contributed by atoms with van der Waals surface area (Å²) >= 11 is 1.82. The number of amides is 2. The number of thioether (sulfide) groups is 1. The van der Waals surface area contributed by atoms with Crippen LogP contribution in [0.25, 0.3) is 0 Å². The van der Waals surface area contributed by atoms with E-state index in [1.165, 1.54) is 4.90 Å². The van der Waals surface area contributed by atoms with E-state index in [1.807, 2.05) is 25.6 Å². The van der Waals surface area contributed by atoms with Crippen molar-refractivity contribution in [3.8, 4) is 0 Å². The maximum Gasteiger partial charge on any atom is 0.247 e. The van der Waals surface area contributed by atoms with Crippen LogP contribution in [0.1, 0.15) is 46.5 Å². The van der Waals surface area contributed by atoms with E-state index in [-0.39, 0.29) is 23.9 Å². The van der Waals surface area contributed by atoms with E-state index in [9.17, 15) is 9.59 Å². The average molecular weight is 286 g/mol. The second-order valence-electron chi connectivity index (χ2n) is 5.12. The van der Waals surface area contributed by atoms with E-state index in [0.717, 1.165) is 25.8 Å². The predicted octanol–water partition coefficient (Wildman–Crippen LogP) is 2.03. The van der Waals surface area contributed by atoms with E-state index in [4.69, 9.17) is 0 Å². The minimum Gasteiger partial charge on any atom is -0.305 e. The number of likely N-dealkylation sites (tertiary alicyclic amines) is 1.